The van der Waals surface area contributed by atoms with Gasteiger partial charge in [0.05, 0.1) is 22.4 Å². The van der Waals surface area contributed by atoms with E-state index in [4.69, 9.17) is 9.47 Å². The Bertz CT molecular complexity index is 2850. The highest BCUT2D eigenvalue weighted by Crippen LogP contribution is 2.59. The molecule has 0 spiro atoms. The Hall–Kier alpha value is -7.24. The van der Waals surface area contributed by atoms with E-state index in [2.05, 4.69) is 166 Å². The molecule has 53 heavy (non-hydrogen) atoms. The summed E-state index contributed by atoms with van der Waals surface area (Å²) in [6.45, 7) is 0. The number of ether oxygens (including phenoxy) is 2. The standard InChI is InChI=1S/C48H31N3O2/c1-3-12-34(13-4-1)49(37-27-28-39-38-16-7-8-17-40(38)50(43(39)31-37)35-14-5-2-6-15-35)36-25-22-32(23-26-36)33-24-29-42-47(30-33)53-46-21-11-20-45-48(46)51(42)41-18-9-10-19-44(41)52-45/h1-31H. The van der Waals surface area contributed by atoms with E-state index >= 15 is 0 Å². The quantitative estimate of drug-likeness (QED) is 0.181. The van der Waals surface area contributed by atoms with Gasteiger partial charge in [0, 0.05) is 33.5 Å². The van der Waals surface area contributed by atoms with Crippen LogP contribution in [-0.2, 0) is 0 Å². The Morgan fingerprint density at radius 1 is 0.377 bits per heavy atom. The molecular formula is C48H31N3O2. The smallest absolute Gasteiger partial charge is 0.155 e. The zero-order valence-electron chi connectivity index (χ0n) is 28.6. The minimum Gasteiger partial charge on any atom is -0.453 e. The van der Waals surface area contributed by atoms with E-state index in [0.717, 1.165) is 79.5 Å². The van der Waals surface area contributed by atoms with Crippen molar-refractivity contribution < 1.29 is 9.47 Å². The first kappa shape index (κ1) is 29.5. The molecule has 0 bridgehead atoms. The molecule has 11 rings (SSSR count). The van der Waals surface area contributed by atoms with Crippen LogP contribution < -0.4 is 19.3 Å². The molecule has 0 radical (unpaired) electrons. The first-order valence-corrected chi connectivity index (χ1v) is 17.8. The summed E-state index contributed by atoms with van der Waals surface area (Å²) in [5.74, 6) is 3.20. The Morgan fingerprint density at radius 3 is 1.81 bits per heavy atom. The van der Waals surface area contributed by atoms with Crippen molar-refractivity contribution in [2.75, 3.05) is 9.80 Å². The van der Waals surface area contributed by atoms with E-state index in [1.54, 1.807) is 0 Å². The fourth-order valence-corrected chi connectivity index (χ4v) is 7.96. The van der Waals surface area contributed by atoms with E-state index in [-0.39, 0.29) is 0 Å². The Balaban J connectivity index is 0.999. The highest BCUT2D eigenvalue weighted by molar-refractivity contribution is 6.10. The average molecular weight is 682 g/mol. The molecule has 1 aromatic heterocycles. The van der Waals surface area contributed by atoms with Crippen molar-refractivity contribution in [3.63, 3.8) is 0 Å². The lowest BCUT2D eigenvalue weighted by Gasteiger charge is -2.37. The Kier molecular flexibility index (Phi) is 6.48. The van der Waals surface area contributed by atoms with E-state index in [9.17, 15) is 0 Å². The monoisotopic (exact) mass is 681 g/mol. The van der Waals surface area contributed by atoms with Crippen LogP contribution in [0.3, 0.4) is 0 Å². The molecule has 0 amide bonds. The van der Waals surface area contributed by atoms with Gasteiger partial charge in [-0.2, -0.15) is 0 Å². The van der Waals surface area contributed by atoms with Crippen molar-refractivity contribution in [2.45, 2.75) is 0 Å². The van der Waals surface area contributed by atoms with Crippen LogP contribution in [0.1, 0.15) is 0 Å². The second kappa shape index (κ2) is 11.7. The highest BCUT2D eigenvalue weighted by atomic mass is 16.5. The number of hydrogen-bond donors (Lipinski definition) is 0. The lowest BCUT2D eigenvalue weighted by Crippen LogP contribution is -2.20. The lowest BCUT2D eigenvalue weighted by molar-refractivity contribution is 0.446. The van der Waals surface area contributed by atoms with E-state index in [1.807, 2.05) is 36.4 Å². The van der Waals surface area contributed by atoms with Crippen LogP contribution in [0.5, 0.6) is 23.0 Å². The van der Waals surface area contributed by atoms with Crippen molar-refractivity contribution in [1.82, 2.24) is 4.57 Å². The summed E-state index contributed by atoms with van der Waals surface area (Å²) in [7, 11) is 0. The van der Waals surface area contributed by atoms with Gasteiger partial charge in [-0.3, -0.25) is 4.90 Å². The van der Waals surface area contributed by atoms with Crippen molar-refractivity contribution in [3.05, 3.63) is 188 Å². The molecule has 0 saturated heterocycles. The lowest BCUT2D eigenvalue weighted by atomic mass is 10.0. The van der Waals surface area contributed by atoms with E-state index in [0.29, 0.717) is 0 Å². The van der Waals surface area contributed by atoms with Crippen LogP contribution >= 0.6 is 0 Å². The first-order valence-electron chi connectivity index (χ1n) is 17.8. The maximum atomic E-state index is 6.55. The van der Waals surface area contributed by atoms with Crippen LogP contribution in [0.2, 0.25) is 0 Å². The molecule has 0 atom stereocenters. The maximum Gasteiger partial charge on any atom is 0.155 e. The largest absolute Gasteiger partial charge is 0.453 e. The molecule has 9 aromatic rings. The third-order valence-electron chi connectivity index (χ3n) is 10.3. The topological polar surface area (TPSA) is 29.9 Å². The van der Waals surface area contributed by atoms with Gasteiger partial charge in [-0.15, -0.1) is 0 Å². The van der Waals surface area contributed by atoms with Gasteiger partial charge in [-0.1, -0.05) is 97.1 Å². The molecule has 2 aliphatic rings. The van der Waals surface area contributed by atoms with Gasteiger partial charge in [0.25, 0.3) is 0 Å². The summed E-state index contributed by atoms with van der Waals surface area (Å²) in [4.78, 5) is 4.58. The van der Waals surface area contributed by atoms with Gasteiger partial charge in [0.1, 0.15) is 5.69 Å². The van der Waals surface area contributed by atoms with Crippen molar-refractivity contribution in [3.8, 4) is 39.8 Å². The maximum absolute atomic E-state index is 6.55. The molecule has 0 unspecified atom stereocenters. The molecule has 8 aromatic carbocycles. The van der Waals surface area contributed by atoms with Gasteiger partial charge in [0.15, 0.2) is 23.0 Å². The first-order chi connectivity index (χ1) is 26.3. The zero-order chi connectivity index (χ0) is 34.9. The molecule has 0 saturated carbocycles. The summed E-state index contributed by atoms with van der Waals surface area (Å²) in [6.07, 6.45) is 0. The van der Waals surface area contributed by atoms with Gasteiger partial charge in [0.2, 0.25) is 0 Å². The molecule has 2 aliphatic heterocycles. The minimum atomic E-state index is 0.777. The molecule has 5 nitrogen and oxygen atoms in total. The summed E-state index contributed by atoms with van der Waals surface area (Å²) in [6, 6.07) is 66.1. The number of aromatic nitrogens is 1. The van der Waals surface area contributed by atoms with Crippen molar-refractivity contribution in [1.29, 1.82) is 0 Å². The summed E-state index contributed by atoms with van der Waals surface area (Å²) >= 11 is 0. The SMILES string of the molecule is c1ccc(N(c2ccc(-c3ccc4c(c3)Oc3cccc5c3N4c3ccccc3O5)cc2)c2ccc3c4ccccc4n(-c4ccccc4)c3c2)cc1. The minimum absolute atomic E-state index is 0.777. The van der Waals surface area contributed by atoms with Crippen LogP contribution in [-0.4, -0.2) is 4.57 Å². The third kappa shape index (κ3) is 4.64. The summed E-state index contributed by atoms with van der Waals surface area (Å²) in [5.41, 5.74) is 11.8. The van der Waals surface area contributed by atoms with Crippen LogP contribution in [0.4, 0.5) is 34.1 Å². The molecule has 3 heterocycles. The zero-order valence-corrected chi connectivity index (χ0v) is 28.6. The van der Waals surface area contributed by atoms with E-state index in [1.165, 1.54) is 16.3 Å². The number of fused-ring (bicyclic) bond motifs is 7. The fraction of sp³-hybridized carbons (Fsp3) is 0. The second-order valence-corrected chi connectivity index (χ2v) is 13.4. The number of rotatable bonds is 5. The number of benzene rings is 8. The van der Waals surface area contributed by atoms with Crippen LogP contribution in [0.25, 0.3) is 38.6 Å². The predicted molar refractivity (Wildman–Crippen MR) is 216 cm³/mol. The normalized spacial score (nSPS) is 12.4. The Labute approximate surface area is 306 Å². The van der Waals surface area contributed by atoms with Gasteiger partial charge < -0.3 is 18.9 Å². The highest BCUT2D eigenvalue weighted by Gasteiger charge is 2.34. The molecule has 0 aliphatic carbocycles. The number of para-hydroxylation sites is 6. The third-order valence-corrected chi connectivity index (χ3v) is 10.3. The Morgan fingerprint density at radius 2 is 0.981 bits per heavy atom. The predicted octanol–water partition coefficient (Wildman–Crippen LogP) is 13.6. The molecule has 0 N–H and O–H groups in total. The van der Waals surface area contributed by atoms with Gasteiger partial charge in [-0.05, 0) is 102 Å². The van der Waals surface area contributed by atoms with E-state index < -0.39 is 0 Å². The molecule has 250 valence electrons. The van der Waals surface area contributed by atoms with Crippen LogP contribution in [0.15, 0.2) is 188 Å². The molecule has 0 fully saturated rings. The number of anilines is 6. The average Bonchev–Trinajstić information content (AvgIpc) is 3.55. The molecule has 5 heteroatoms. The van der Waals surface area contributed by atoms with Gasteiger partial charge in [-0.25, -0.2) is 0 Å². The van der Waals surface area contributed by atoms with Crippen molar-refractivity contribution >= 4 is 55.9 Å². The fourth-order valence-electron chi connectivity index (χ4n) is 7.96. The molecular weight excluding hydrogens is 651 g/mol. The second-order valence-electron chi connectivity index (χ2n) is 13.4. The summed E-state index contributed by atoms with van der Waals surface area (Å²) < 4.78 is 15.2. The van der Waals surface area contributed by atoms with Crippen LogP contribution in [0, 0.1) is 0 Å². The number of hydrogen-bond acceptors (Lipinski definition) is 4. The summed E-state index contributed by atoms with van der Waals surface area (Å²) in [5, 5.41) is 2.47. The van der Waals surface area contributed by atoms with Crippen molar-refractivity contribution in [2.24, 2.45) is 0 Å². The number of nitrogens with zero attached hydrogens (tertiary/aromatic N) is 3. The van der Waals surface area contributed by atoms with Gasteiger partial charge >= 0.3 is 0 Å².